The first-order chi connectivity index (χ1) is 19.7. The number of aliphatic imine (C=N–C) groups is 1. The number of aryl methyl sites for hydroxylation is 1. The van der Waals surface area contributed by atoms with E-state index in [2.05, 4.69) is 15.3 Å². The second-order valence-electron chi connectivity index (χ2n) is 11.5. The van der Waals surface area contributed by atoms with E-state index in [0.29, 0.717) is 18.9 Å². The lowest BCUT2D eigenvalue weighted by Crippen LogP contribution is -2.90. The monoisotopic (exact) mass is 594 g/mol. The predicted octanol–water partition coefficient (Wildman–Crippen LogP) is -2.53. The van der Waals surface area contributed by atoms with Crippen LogP contribution in [0.4, 0.5) is 13.2 Å². The number of nitrogens with one attached hydrogen (secondary N) is 2. The number of nitrogens with two attached hydrogens (primary N) is 2. The van der Waals surface area contributed by atoms with E-state index in [-0.39, 0.29) is 35.8 Å². The molecule has 6 atom stereocenters. The molecular weight excluding hydrogens is 563 g/mol. The SMILES string of the molecule is Cc1ccc(C(F)(F)F)cc1C(=O)O[C@H]1CN2C(N)=N[C@@H](CN3C(=O)C4CCCCC4C3=O)[C@@H]3[NH+]=C(N)N[C@@]32C1(O)O. The predicted molar refractivity (Wildman–Crippen MR) is 137 cm³/mol. The highest BCUT2D eigenvalue weighted by molar-refractivity contribution is 6.05. The van der Waals surface area contributed by atoms with Gasteiger partial charge < -0.3 is 20.7 Å². The summed E-state index contributed by atoms with van der Waals surface area (Å²) >= 11 is 0. The lowest BCUT2D eigenvalue weighted by atomic mass is 9.81. The van der Waals surface area contributed by atoms with E-state index in [0.717, 1.165) is 29.9 Å². The Labute approximate surface area is 237 Å². The van der Waals surface area contributed by atoms with Gasteiger partial charge in [0.1, 0.15) is 6.04 Å². The van der Waals surface area contributed by atoms with Gasteiger partial charge in [-0.1, -0.05) is 18.9 Å². The van der Waals surface area contributed by atoms with E-state index >= 15 is 0 Å². The molecule has 2 saturated heterocycles. The summed E-state index contributed by atoms with van der Waals surface area (Å²) in [7, 11) is 0. The van der Waals surface area contributed by atoms with Gasteiger partial charge in [-0.3, -0.25) is 30.1 Å². The zero-order valence-corrected chi connectivity index (χ0v) is 22.5. The quantitative estimate of drug-likeness (QED) is 0.123. The van der Waals surface area contributed by atoms with Gasteiger partial charge in [-0.15, -0.1) is 0 Å². The molecule has 8 N–H and O–H groups in total. The first-order valence-corrected chi connectivity index (χ1v) is 13.6. The average molecular weight is 595 g/mol. The summed E-state index contributed by atoms with van der Waals surface area (Å²) in [6.45, 7) is 0.791. The molecule has 5 aliphatic rings. The van der Waals surface area contributed by atoms with Crippen LogP contribution in [0.15, 0.2) is 23.2 Å². The molecule has 6 rings (SSSR count). The van der Waals surface area contributed by atoms with E-state index in [1.807, 2.05) is 0 Å². The van der Waals surface area contributed by atoms with Crippen LogP contribution in [0.2, 0.25) is 0 Å². The number of rotatable bonds is 4. The molecule has 226 valence electrons. The molecule has 2 amide bonds. The Hall–Kier alpha value is -3.92. The molecule has 4 aliphatic heterocycles. The number of esters is 1. The summed E-state index contributed by atoms with van der Waals surface area (Å²) < 4.78 is 45.3. The van der Waals surface area contributed by atoms with Crippen molar-refractivity contribution in [1.82, 2.24) is 15.1 Å². The van der Waals surface area contributed by atoms with Crippen molar-refractivity contribution >= 4 is 29.7 Å². The Balaban J connectivity index is 1.29. The van der Waals surface area contributed by atoms with Crippen LogP contribution in [0.5, 0.6) is 0 Å². The number of carbonyl (C=O) groups is 3. The van der Waals surface area contributed by atoms with E-state index in [1.54, 1.807) is 0 Å². The van der Waals surface area contributed by atoms with Gasteiger partial charge in [0.05, 0.1) is 36.1 Å². The van der Waals surface area contributed by atoms with Crippen LogP contribution in [-0.4, -0.2) is 92.4 Å². The maximum atomic E-state index is 13.3. The fourth-order valence-electron chi connectivity index (χ4n) is 7.07. The molecule has 1 spiro atoms. The number of likely N-dealkylation sites (tertiary alicyclic amines) is 1. The molecule has 16 heteroatoms. The van der Waals surface area contributed by atoms with Gasteiger partial charge in [0, 0.05) is 0 Å². The molecule has 1 saturated carbocycles. The standard InChI is InChI=1S/C26H30F3N7O6/c1-11-6-7-12(26(27,28)29)8-15(11)21(39)42-17-10-36-23(31)32-16(18-24(36,25(17,40)41)34-22(30)33-18)9-35-19(37)13-4-2-3-5-14(13)20(35)38/h6-8,13-14,16-18,40-41H,2-5,9-10H2,1H3,(H2,31,32)(H3,30,33,34)/p+1/t13?,14?,16-,17-,18-,24-/m0/s1. The van der Waals surface area contributed by atoms with Gasteiger partial charge in [0.2, 0.25) is 11.8 Å². The van der Waals surface area contributed by atoms with Gasteiger partial charge >= 0.3 is 18.1 Å². The summed E-state index contributed by atoms with van der Waals surface area (Å²) in [5, 5.41) is 25.9. The molecule has 2 unspecified atom stereocenters. The van der Waals surface area contributed by atoms with Crippen LogP contribution in [0.3, 0.4) is 0 Å². The summed E-state index contributed by atoms with van der Waals surface area (Å²) in [6, 6.07) is 0.500. The van der Waals surface area contributed by atoms with Gasteiger partial charge in [-0.05, 0) is 37.5 Å². The Morgan fingerprint density at radius 1 is 1.19 bits per heavy atom. The number of ether oxygens (including phenoxy) is 1. The van der Waals surface area contributed by atoms with E-state index < -0.39 is 71.3 Å². The normalized spacial score (nSPS) is 33.4. The zero-order valence-electron chi connectivity index (χ0n) is 22.5. The Kier molecular flexibility index (Phi) is 6.24. The van der Waals surface area contributed by atoms with Crippen molar-refractivity contribution in [3.05, 3.63) is 34.9 Å². The van der Waals surface area contributed by atoms with Crippen molar-refractivity contribution in [3.8, 4) is 0 Å². The third kappa shape index (κ3) is 3.95. The third-order valence-corrected chi connectivity index (χ3v) is 9.17. The minimum Gasteiger partial charge on any atom is -0.451 e. The number of guanidine groups is 2. The smallest absolute Gasteiger partial charge is 0.416 e. The number of benzene rings is 1. The lowest BCUT2D eigenvalue weighted by molar-refractivity contribution is -0.522. The molecule has 3 fully saturated rings. The lowest BCUT2D eigenvalue weighted by Gasteiger charge is -2.46. The zero-order chi connectivity index (χ0) is 30.4. The Bertz CT molecular complexity index is 1410. The molecule has 0 aromatic heterocycles. The fraction of sp³-hybridized carbons (Fsp3) is 0.577. The van der Waals surface area contributed by atoms with Crippen LogP contribution in [-0.2, 0) is 20.5 Å². The van der Waals surface area contributed by atoms with Gasteiger partial charge in [-0.25, -0.2) is 15.1 Å². The number of fused-ring (bicyclic) bond motifs is 1. The molecule has 42 heavy (non-hydrogen) atoms. The van der Waals surface area contributed by atoms with Crippen LogP contribution in [0, 0.1) is 18.8 Å². The van der Waals surface area contributed by atoms with Crippen molar-refractivity contribution in [2.45, 2.75) is 68.4 Å². The number of alkyl halides is 3. The number of imide groups is 1. The van der Waals surface area contributed by atoms with Gasteiger partial charge in [0.15, 0.2) is 18.1 Å². The highest BCUT2D eigenvalue weighted by atomic mass is 19.4. The second kappa shape index (κ2) is 9.29. The van der Waals surface area contributed by atoms with Crippen LogP contribution in [0.25, 0.3) is 0 Å². The average Bonchev–Trinajstić information content (AvgIpc) is 3.48. The number of hydrogen-bond acceptors (Lipinski definition) is 11. The molecule has 1 aromatic rings. The topological polar surface area (TPSA) is 198 Å². The summed E-state index contributed by atoms with van der Waals surface area (Å²) in [5.74, 6) is -5.88. The molecule has 0 bridgehead atoms. The number of hydrogen-bond donors (Lipinski definition) is 6. The number of carbonyl (C=O) groups excluding carboxylic acids is 3. The first kappa shape index (κ1) is 28.2. The van der Waals surface area contributed by atoms with Crippen molar-refractivity contribution in [1.29, 1.82) is 0 Å². The largest absolute Gasteiger partial charge is 0.451 e. The molecular formula is C26H31F3N7O6+. The highest BCUT2D eigenvalue weighted by Crippen LogP contribution is 2.44. The van der Waals surface area contributed by atoms with Gasteiger partial charge in [-0.2, -0.15) is 13.2 Å². The molecule has 1 aliphatic carbocycles. The minimum atomic E-state index is -4.72. The number of halogens is 3. The number of amides is 2. The summed E-state index contributed by atoms with van der Waals surface area (Å²) in [6.07, 6.45) is -3.54. The fourth-order valence-corrected chi connectivity index (χ4v) is 7.07. The Morgan fingerprint density at radius 2 is 1.83 bits per heavy atom. The van der Waals surface area contributed by atoms with Crippen molar-refractivity contribution in [3.63, 3.8) is 0 Å². The minimum absolute atomic E-state index is 0.0965. The van der Waals surface area contributed by atoms with Crippen LogP contribution in [0.1, 0.15) is 47.2 Å². The van der Waals surface area contributed by atoms with Crippen molar-refractivity contribution < 1.29 is 47.5 Å². The van der Waals surface area contributed by atoms with Crippen molar-refractivity contribution in [2.24, 2.45) is 28.3 Å². The molecule has 13 nitrogen and oxygen atoms in total. The number of aliphatic hydroxyl groups is 2. The Morgan fingerprint density at radius 3 is 2.45 bits per heavy atom. The van der Waals surface area contributed by atoms with Gasteiger partial charge in [0.25, 0.3) is 11.4 Å². The van der Waals surface area contributed by atoms with Crippen LogP contribution < -0.4 is 21.8 Å². The first-order valence-electron chi connectivity index (χ1n) is 13.6. The van der Waals surface area contributed by atoms with E-state index in [9.17, 15) is 37.8 Å². The molecule has 1 aromatic carbocycles. The van der Waals surface area contributed by atoms with Crippen molar-refractivity contribution in [2.75, 3.05) is 13.1 Å². The maximum absolute atomic E-state index is 13.3. The molecule has 0 radical (unpaired) electrons. The number of nitrogens with zero attached hydrogens (tertiary/aromatic N) is 3. The van der Waals surface area contributed by atoms with Crippen LogP contribution >= 0.6 is 0 Å². The highest BCUT2D eigenvalue weighted by Gasteiger charge is 2.77. The molecule has 4 heterocycles. The maximum Gasteiger partial charge on any atom is 0.416 e. The second-order valence-corrected chi connectivity index (χ2v) is 11.5. The summed E-state index contributed by atoms with van der Waals surface area (Å²) in [5.41, 5.74) is 9.03. The summed E-state index contributed by atoms with van der Waals surface area (Å²) in [4.78, 5) is 49.1. The third-order valence-electron chi connectivity index (χ3n) is 9.17. The van der Waals surface area contributed by atoms with E-state index in [4.69, 9.17) is 16.2 Å². The van der Waals surface area contributed by atoms with E-state index in [1.165, 1.54) is 11.8 Å².